The number of Topliss-reactive ketones (excluding diaryl/α,β-unsaturated/α-hetero) is 1. The maximum absolute atomic E-state index is 13.9. The first-order valence-corrected chi connectivity index (χ1v) is 14.9. The van der Waals surface area contributed by atoms with Gasteiger partial charge in [-0.2, -0.15) is 5.26 Å². The van der Waals surface area contributed by atoms with Gasteiger partial charge >= 0.3 is 0 Å². The van der Waals surface area contributed by atoms with Crippen LogP contribution in [0.25, 0.3) is 5.57 Å². The molecule has 5 atom stereocenters. The Bertz CT molecular complexity index is 1580. The first kappa shape index (κ1) is 30.9. The summed E-state index contributed by atoms with van der Waals surface area (Å²) in [5, 5.41) is 18.4. The van der Waals surface area contributed by atoms with Crippen LogP contribution in [-0.4, -0.2) is 17.2 Å². The summed E-state index contributed by atoms with van der Waals surface area (Å²) in [4.78, 5) is 18.8. The standard InChI is InChI=1S/C37H38ClN3O/c1-6-32(25(4)29-10-7-11-31(38)20-29)37(42)33-17-16-30(19-24(33)3)36-34(23(2)9-8-18-41-36)21-35(26(5)40)28-14-12-27(22-39)13-15-28/h6-7,9-15,18,20-21,24-25,30,32-33,40H,1,16-17,19H2,2-5H3/b35-21+,40-26?/t24-,25+,30?,32?,33?/m1/s1. The Hall–Kier alpha value is -4.03. The van der Waals surface area contributed by atoms with Crippen LogP contribution in [0.1, 0.15) is 69.6 Å². The summed E-state index contributed by atoms with van der Waals surface area (Å²) in [6.07, 6.45) is 10.00. The van der Waals surface area contributed by atoms with Gasteiger partial charge in [0.25, 0.3) is 0 Å². The van der Waals surface area contributed by atoms with Gasteiger partial charge in [0.15, 0.2) is 0 Å². The molecule has 0 aromatic heterocycles. The molecule has 4 rings (SSSR count). The van der Waals surface area contributed by atoms with E-state index >= 15 is 0 Å². The number of carbonyl (C=O) groups excluding carboxylic acids is 1. The molecule has 1 fully saturated rings. The van der Waals surface area contributed by atoms with Crippen molar-refractivity contribution in [1.29, 1.82) is 10.7 Å². The van der Waals surface area contributed by atoms with Crippen molar-refractivity contribution in [3.63, 3.8) is 0 Å². The third-order valence-corrected chi connectivity index (χ3v) is 8.95. The minimum Gasteiger partial charge on any atom is -0.305 e. The Morgan fingerprint density at radius 3 is 2.60 bits per heavy atom. The molecule has 5 heteroatoms. The van der Waals surface area contributed by atoms with Crippen LogP contribution in [0, 0.1) is 40.4 Å². The first-order chi connectivity index (χ1) is 20.1. The molecule has 0 spiro atoms. The van der Waals surface area contributed by atoms with Gasteiger partial charge in [-0.15, -0.1) is 12.3 Å². The van der Waals surface area contributed by atoms with Crippen LogP contribution in [0.2, 0.25) is 5.02 Å². The zero-order valence-electron chi connectivity index (χ0n) is 24.8. The predicted molar refractivity (Wildman–Crippen MR) is 174 cm³/mol. The Labute approximate surface area is 255 Å². The van der Waals surface area contributed by atoms with Crippen molar-refractivity contribution in [2.75, 3.05) is 0 Å². The SMILES string of the molecule is C=CC(C(=O)C1CCC(C2=NC=C=CC(C)=C2/C=C(\C(C)=N)c2ccc(C#N)cc2)C[C@H]1C)[C@@H](C)c1cccc(Cl)c1. The van der Waals surface area contributed by atoms with Crippen LogP contribution in [0.15, 0.2) is 101 Å². The lowest BCUT2D eigenvalue weighted by Crippen LogP contribution is -2.36. The smallest absolute Gasteiger partial charge is 0.143 e. The van der Waals surface area contributed by atoms with E-state index in [0.29, 0.717) is 16.3 Å². The van der Waals surface area contributed by atoms with Gasteiger partial charge in [0, 0.05) is 39.6 Å². The van der Waals surface area contributed by atoms with Crippen molar-refractivity contribution in [1.82, 2.24) is 0 Å². The lowest BCUT2D eigenvalue weighted by atomic mass is 9.67. The van der Waals surface area contributed by atoms with Crippen molar-refractivity contribution in [2.45, 2.75) is 52.9 Å². The zero-order chi connectivity index (χ0) is 30.4. The number of aliphatic imine (C=N–C) groups is 1. The molecule has 3 unspecified atom stereocenters. The second-order valence-electron chi connectivity index (χ2n) is 11.5. The highest BCUT2D eigenvalue weighted by molar-refractivity contribution is 6.30. The summed E-state index contributed by atoms with van der Waals surface area (Å²) in [5.74, 6) is 0.279. The summed E-state index contributed by atoms with van der Waals surface area (Å²) in [5.41, 5.74) is 9.90. The molecular weight excluding hydrogens is 538 g/mol. The highest BCUT2D eigenvalue weighted by Crippen LogP contribution is 2.41. The van der Waals surface area contributed by atoms with Gasteiger partial charge in [0.05, 0.1) is 23.5 Å². The van der Waals surface area contributed by atoms with Crippen LogP contribution < -0.4 is 0 Å². The number of allylic oxidation sites excluding steroid dienone is 6. The first-order valence-electron chi connectivity index (χ1n) is 14.5. The minimum atomic E-state index is -0.277. The monoisotopic (exact) mass is 575 g/mol. The van der Waals surface area contributed by atoms with Crippen LogP contribution in [-0.2, 0) is 4.79 Å². The van der Waals surface area contributed by atoms with Crippen LogP contribution >= 0.6 is 11.6 Å². The van der Waals surface area contributed by atoms with E-state index in [1.807, 2.05) is 49.4 Å². The maximum Gasteiger partial charge on any atom is 0.143 e. The number of hydrogen-bond acceptors (Lipinski definition) is 4. The molecule has 1 aliphatic carbocycles. The predicted octanol–water partition coefficient (Wildman–Crippen LogP) is 9.30. The van der Waals surface area contributed by atoms with Crippen molar-refractivity contribution in [3.8, 4) is 6.07 Å². The van der Waals surface area contributed by atoms with Crippen molar-refractivity contribution < 1.29 is 4.79 Å². The molecular formula is C37H38ClN3O. The second-order valence-corrected chi connectivity index (χ2v) is 12.0. The normalized spacial score (nSPS) is 22.0. The Balaban J connectivity index is 1.58. The molecule has 2 aromatic rings. The number of rotatable bonds is 9. The Kier molecular flexibility index (Phi) is 10.1. The van der Waals surface area contributed by atoms with E-state index < -0.39 is 0 Å². The average Bonchev–Trinajstić information content (AvgIpc) is 3.16. The molecule has 1 saturated carbocycles. The van der Waals surface area contributed by atoms with Gasteiger partial charge < -0.3 is 5.41 Å². The van der Waals surface area contributed by atoms with Crippen LogP contribution in [0.5, 0.6) is 0 Å². The Morgan fingerprint density at radius 2 is 1.98 bits per heavy atom. The van der Waals surface area contributed by atoms with Gasteiger partial charge in [0.2, 0.25) is 0 Å². The van der Waals surface area contributed by atoms with E-state index in [4.69, 9.17) is 22.0 Å². The van der Waals surface area contributed by atoms with E-state index in [0.717, 1.165) is 52.8 Å². The van der Waals surface area contributed by atoms with Crippen molar-refractivity contribution >= 4 is 34.4 Å². The molecule has 2 aromatic carbocycles. The summed E-state index contributed by atoms with van der Waals surface area (Å²) >= 11 is 6.25. The van der Waals surface area contributed by atoms with Gasteiger partial charge in [-0.05, 0) is 98.1 Å². The van der Waals surface area contributed by atoms with Crippen LogP contribution in [0.4, 0.5) is 0 Å². The van der Waals surface area contributed by atoms with E-state index in [1.54, 1.807) is 31.3 Å². The van der Waals surface area contributed by atoms with Crippen molar-refractivity contribution in [3.05, 3.63) is 118 Å². The second kappa shape index (κ2) is 13.8. The van der Waals surface area contributed by atoms with Crippen molar-refractivity contribution in [2.24, 2.45) is 28.7 Å². The van der Waals surface area contributed by atoms with E-state index in [2.05, 4.69) is 38.3 Å². The summed E-state index contributed by atoms with van der Waals surface area (Å²) in [6, 6.07) is 17.2. The highest BCUT2D eigenvalue weighted by atomic mass is 35.5. The molecule has 42 heavy (non-hydrogen) atoms. The topological polar surface area (TPSA) is 77.1 Å². The van der Waals surface area contributed by atoms with Crippen LogP contribution in [0.3, 0.4) is 0 Å². The van der Waals surface area contributed by atoms with Gasteiger partial charge in [-0.3, -0.25) is 9.79 Å². The molecule has 4 nitrogen and oxygen atoms in total. The fourth-order valence-corrected chi connectivity index (χ4v) is 6.49. The fourth-order valence-electron chi connectivity index (χ4n) is 6.29. The van der Waals surface area contributed by atoms with E-state index in [-0.39, 0.29) is 35.4 Å². The molecule has 214 valence electrons. The average molecular weight is 576 g/mol. The number of carbonyl (C=O) groups is 1. The molecule has 0 saturated heterocycles. The number of ketones is 1. The van der Waals surface area contributed by atoms with Gasteiger partial charge in [-0.1, -0.05) is 55.8 Å². The molecule has 1 aliphatic heterocycles. The Morgan fingerprint density at radius 1 is 1.24 bits per heavy atom. The maximum atomic E-state index is 13.9. The molecule has 2 aliphatic rings. The highest BCUT2D eigenvalue weighted by Gasteiger charge is 2.38. The lowest BCUT2D eigenvalue weighted by Gasteiger charge is -2.36. The zero-order valence-corrected chi connectivity index (χ0v) is 25.6. The molecule has 0 bridgehead atoms. The molecule has 1 N–H and O–H groups in total. The van der Waals surface area contributed by atoms with Gasteiger partial charge in [0.1, 0.15) is 5.78 Å². The summed E-state index contributed by atoms with van der Waals surface area (Å²) in [7, 11) is 0. The molecule has 0 radical (unpaired) electrons. The fraction of sp³-hybridized carbons (Fsp3) is 0.324. The third-order valence-electron chi connectivity index (χ3n) is 8.71. The quantitative estimate of drug-likeness (QED) is 0.184. The number of nitriles is 1. The number of nitrogens with one attached hydrogen (secondary N) is 1. The summed E-state index contributed by atoms with van der Waals surface area (Å²) in [6.45, 7) is 12.1. The summed E-state index contributed by atoms with van der Waals surface area (Å²) < 4.78 is 0. The largest absolute Gasteiger partial charge is 0.305 e. The number of benzene rings is 2. The minimum absolute atomic E-state index is 0.00611. The van der Waals surface area contributed by atoms with E-state index in [9.17, 15) is 10.1 Å². The number of nitrogens with zero attached hydrogens (tertiary/aromatic N) is 2. The third kappa shape index (κ3) is 6.88. The number of halogens is 1. The lowest BCUT2D eigenvalue weighted by molar-refractivity contribution is -0.128. The van der Waals surface area contributed by atoms with E-state index in [1.165, 1.54) is 0 Å². The van der Waals surface area contributed by atoms with Gasteiger partial charge in [-0.25, -0.2) is 0 Å². The molecule has 0 amide bonds. The molecule has 1 heterocycles. The number of hydrogen-bond donors (Lipinski definition) is 1.